The number of thiophene rings is 1. The van der Waals surface area contributed by atoms with Crippen LogP contribution in [0.4, 0.5) is 0 Å². The Hall–Kier alpha value is -0.570. The summed E-state index contributed by atoms with van der Waals surface area (Å²) in [5, 5.41) is -0.00954. The maximum Gasteiger partial charge on any atom is 0.294 e. The van der Waals surface area contributed by atoms with Gasteiger partial charge in [-0.1, -0.05) is 30.3 Å². The number of carbonyl (C=O) groups is 1. The molecule has 2 rings (SSSR count). The maximum absolute atomic E-state index is 12.2. The molecule has 1 aliphatic heterocycles. The first-order chi connectivity index (χ1) is 9.39. The molecule has 0 aromatic carbocycles. The molecule has 1 atom stereocenters. The van der Waals surface area contributed by atoms with E-state index in [-0.39, 0.29) is 20.5 Å². The number of sulfonamides is 1. The van der Waals surface area contributed by atoms with Crippen LogP contribution >= 0.6 is 34.7 Å². The molecule has 1 unspecified atom stereocenters. The number of hydrogen-bond donors (Lipinski definition) is 0. The van der Waals surface area contributed by atoms with E-state index in [1.807, 2.05) is 6.92 Å². The monoisotopic (exact) mass is 352 g/mol. The molecule has 0 radical (unpaired) electrons. The zero-order chi connectivity index (χ0) is 14.9. The fourth-order valence-corrected chi connectivity index (χ4v) is 5.53. The summed E-state index contributed by atoms with van der Waals surface area (Å²) in [6, 6.07) is 2.93. The predicted molar refractivity (Wildman–Crippen MR) is 83.0 cm³/mol. The van der Waals surface area contributed by atoms with Gasteiger partial charge in [-0.05, 0) is 25.5 Å². The van der Waals surface area contributed by atoms with Crippen molar-refractivity contribution in [2.75, 3.05) is 6.54 Å². The van der Waals surface area contributed by atoms with Gasteiger partial charge in [-0.2, -0.15) is 8.42 Å². The van der Waals surface area contributed by atoms with Crippen LogP contribution in [0, 0.1) is 0 Å². The van der Waals surface area contributed by atoms with E-state index in [9.17, 15) is 13.2 Å². The third kappa shape index (κ3) is 3.03. The van der Waals surface area contributed by atoms with Crippen molar-refractivity contribution < 1.29 is 13.2 Å². The summed E-state index contributed by atoms with van der Waals surface area (Å²) in [5.74, 6) is -0.0850. The van der Waals surface area contributed by atoms with Crippen molar-refractivity contribution in [1.82, 2.24) is 4.90 Å². The number of rotatable bonds is 4. The molecule has 1 aliphatic rings. The summed E-state index contributed by atoms with van der Waals surface area (Å²) >= 11 is 7.89. The first kappa shape index (κ1) is 15.8. The van der Waals surface area contributed by atoms with Crippen molar-refractivity contribution in [3.05, 3.63) is 16.5 Å². The Bertz CT molecular complexity index is 654. The topological polar surface area (TPSA) is 66.8 Å². The molecule has 0 bridgehead atoms. The summed E-state index contributed by atoms with van der Waals surface area (Å²) in [6.45, 7) is 4.09. The fraction of sp³-hybridized carbons (Fsp3) is 0.455. The summed E-state index contributed by atoms with van der Waals surface area (Å²) in [6.07, 6.45) is 0.643. The third-order valence-electron chi connectivity index (χ3n) is 2.71. The Morgan fingerprint density at radius 2 is 2.10 bits per heavy atom. The molecule has 1 fully saturated rings. The number of hydrogen-bond acceptors (Lipinski definition) is 5. The SMILES string of the molecule is CCC1S/C(=N/S(=O)(=O)c2ccc(Cl)s2)N(CC)C1=O. The van der Waals surface area contributed by atoms with E-state index in [2.05, 4.69) is 4.40 Å². The van der Waals surface area contributed by atoms with Gasteiger partial charge in [0.15, 0.2) is 5.17 Å². The molecule has 0 N–H and O–H groups in total. The van der Waals surface area contributed by atoms with E-state index in [4.69, 9.17) is 11.6 Å². The summed E-state index contributed by atoms with van der Waals surface area (Å²) in [4.78, 5) is 13.4. The van der Waals surface area contributed by atoms with E-state index in [1.54, 1.807) is 6.92 Å². The van der Waals surface area contributed by atoms with Crippen LogP contribution in [0.3, 0.4) is 0 Å². The van der Waals surface area contributed by atoms with Crippen molar-refractivity contribution in [3.8, 4) is 0 Å². The molecule has 1 saturated heterocycles. The van der Waals surface area contributed by atoms with Gasteiger partial charge in [-0.3, -0.25) is 9.69 Å². The molecule has 20 heavy (non-hydrogen) atoms. The molecular formula is C11H13ClN2O3S3. The number of amidine groups is 1. The number of nitrogens with zero attached hydrogens (tertiary/aromatic N) is 2. The maximum atomic E-state index is 12.2. The Morgan fingerprint density at radius 1 is 1.40 bits per heavy atom. The first-order valence-electron chi connectivity index (χ1n) is 5.97. The third-order valence-corrected chi connectivity index (χ3v) is 7.13. The second-order valence-corrected chi connectivity index (χ2v) is 8.72. The zero-order valence-electron chi connectivity index (χ0n) is 10.9. The highest BCUT2D eigenvalue weighted by Gasteiger charge is 2.37. The minimum absolute atomic E-state index is 0.0825. The fourth-order valence-electron chi connectivity index (χ4n) is 1.71. The number of halogens is 1. The van der Waals surface area contributed by atoms with Crippen LogP contribution in [0.5, 0.6) is 0 Å². The van der Waals surface area contributed by atoms with E-state index < -0.39 is 10.0 Å². The van der Waals surface area contributed by atoms with Gasteiger partial charge >= 0.3 is 0 Å². The average Bonchev–Trinajstić information content (AvgIpc) is 2.94. The average molecular weight is 353 g/mol. The predicted octanol–water partition coefficient (Wildman–Crippen LogP) is 2.82. The summed E-state index contributed by atoms with van der Waals surface area (Å²) in [7, 11) is -3.81. The van der Waals surface area contributed by atoms with Crippen LogP contribution in [0.1, 0.15) is 20.3 Å². The molecule has 0 saturated carbocycles. The van der Waals surface area contributed by atoms with E-state index in [0.717, 1.165) is 11.3 Å². The molecule has 0 aliphatic carbocycles. The van der Waals surface area contributed by atoms with Crippen LogP contribution in [0.15, 0.2) is 20.7 Å². The zero-order valence-corrected chi connectivity index (χ0v) is 14.1. The largest absolute Gasteiger partial charge is 0.294 e. The second-order valence-electron chi connectivity index (χ2n) is 4.00. The molecule has 9 heteroatoms. The van der Waals surface area contributed by atoms with Gasteiger partial charge in [0.05, 0.1) is 9.59 Å². The number of amides is 1. The molecule has 1 aromatic rings. The molecule has 110 valence electrons. The molecule has 1 amide bonds. The molecule has 2 heterocycles. The van der Waals surface area contributed by atoms with E-state index in [1.165, 1.54) is 28.8 Å². The Balaban J connectivity index is 2.37. The normalized spacial score (nSPS) is 21.9. The van der Waals surface area contributed by atoms with Gasteiger partial charge in [0.1, 0.15) is 4.21 Å². The Kier molecular flexibility index (Phi) is 4.78. The van der Waals surface area contributed by atoms with Gasteiger partial charge in [0, 0.05) is 6.54 Å². The van der Waals surface area contributed by atoms with Crippen molar-refractivity contribution >= 4 is 55.8 Å². The first-order valence-corrected chi connectivity index (χ1v) is 9.48. The van der Waals surface area contributed by atoms with Crippen LogP contribution in [0.25, 0.3) is 0 Å². The van der Waals surface area contributed by atoms with Crippen molar-refractivity contribution in [2.24, 2.45) is 4.40 Å². The number of carbonyl (C=O) groups excluding carboxylic acids is 1. The van der Waals surface area contributed by atoms with Crippen LogP contribution in [-0.2, 0) is 14.8 Å². The summed E-state index contributed by atoms with van der Waals surface area (Å²) < 4.78 is 28.6. The van der Waals surface area contributed by atoms with Gasteiger partial charge in [-0.25, -0.2) is 0 Å². The van der Waals surface area contributed by atoms with Gasteiger partial charge < -0.3 is 0 Å². The van der Waals surface area contributed by atoms with Crippen molar-refractivity contribution in [3.63, 3.8) is 0 Å². The molecule has 0 spiro atoms. The quantitative estimate of drug-likeness (QED) is 0.835. The van der Waals surface area contributed by atoms with Gasteiger partial charge in [0.2, 0.25) is 5.91 Å². The lowest BCUT2D eigenvalue weighted by atomic mass is 10.3. The lowest BCUT2D eigenvalue weighted by Crippen LogP contribution is -2.32. The Morgan fingerprint density at radius 3 is 2.60 bits per heavy atom. The standard InChI is InChI=1S/C11H13ClN2O3S3/c1-3-7-10(15)14(4-2)11(18-7)13-20(16,17)9-6-5-8(12)19-9/h5-7H,3-4H2,1-2H3/b13-11+. The van der Waals surface area contributed by atoms with E-state index in [0.29, 0.717) is 17.3 Å². The minimum atomic E-state index is -3.81. The smallest absolute Gasteiger partial charge is 0.290 e. The van der Waals surface area contributed by atoms with Crippen LogP contribution in [0.2, 0.25) is 4.34 Å². The van der Waals surface area contributed by atoms with Crippen LogP contribution < -0.4 is 0 Å². The lowest BCUT2D eigenvalue weighted by molar-refractivity contribution is -0.126. The van der Waals surface area contributed by atoms with Crippen molar-refractivity contribution in [2.45, 2.75) is 29.7 Å². The highest BCUT2D eigenvalue weighted by Crippen LogP contribution is 2.32. The minimum Gasteiger partial charge on any atom is -0.290 e. The van der Waals surface area contributed by atoms with Gasteiger partial charge in [0.25, 0.3) is 10.0 Å². The van der Waals surface area contributed by atoms with Crippen molar-refractivity contribution in [1.29, 1.82) is 0 Å². The van der Waals surface area contributed by atoms with Crippen LogP contribution in [-0.4, -0.2) is 36.2 Å². The molecule has 1 aromatic heterocycles. The Labute approximate surface area is 131 Å². The van der Waals surface area contributed by atoms with Gasteiger partial charge in [-0.15, -0.1) is 15.7 Å². The highest BCUT2D eigenvalue weighted by atomic mass is 35.5. The summed E-state index contributed by atoms with van der Waals surface area (Å²) in [5.41, 5.74) is 0. The molecular weight excluding hydrogens is 340 g/mol. The van der Waals surface area contributed by atoms with E-state index >= 15 is 0 Å². The lowest BCUT2D eigenvalue weighted by Gasteiger charge is -2.12. The molecule has 5 nitrogen and oxygen atoms in total. The number of thioether (sulfide) groups is 1. The second kappa shape index (κ2) is 6.05. The highest BCUT2D eigenvalue weighted by molar-refractivity contribution is 8.16.